The number of nitrogens with one attached hydrogen (secondary N) is 1. The molecule has 0 aliphatic heterocycles. The van der Waals surface area contributed by atoms with Crippen molar-refractivity contribution in [2.45, 2.75) is 32.1 Å². The van der Waals surface area contributed by atoms with E-state index in [0.717, 1.165) is 19.4 Å². The fourth-order valence-electron chi connectivity index (χ4n) is 2.51. The maximum absolute atomic E-state index is 11.8. The Hall–Kier alpha value is -1.35. The molecule has 98 valence electrons. The molecular formula is C15H22N2O. The zero-order valence-corrected chi connectivity index (χ0v) is 11.0. The highest BCUT2D eigenvalue weighted by molar-refractivity contribution is 5.76. The van der Waals surface area contributed by atoms with Crippen LogP contribution in [0.2, 0.25) is 0 Å². The Labute approximate surface area is 109 Å². The van der Waals surface area contributed by atoms with E-state index in [0.29, 0.717) is 24.8 Å². The van der Waals surface area contributed by atoms with E-state index in [-0.39, 0.29) is 5.91 Å². The highest BCUT2D eigenvalue weighted by Gasteiger charge is 2.25. The Bertz CT molecular complexity index is 413. The molecule has 3 N–H and O–H groups in total. The lowest BCUT2D eigenvalue weighted by Crippen LogP contribution is -2.34. The van der Waals surface area contributed by atoms with Crippen molar-refractivity contribution in [2.24, 2.45) is 11.7 Å². The van der Waals surface area contributed by atoms with Crippen LogP contribution in [0, 0.1) is 5.92 Å². The summed E-state index contributed by atoms with van der Waals surface area (Å²) in [6, 6.07) is 8.45. The lowest BCUT2D eigenvalue weighted by molar-refractivity contribution is -0.122. The fourth-order valence-corrected chi connectivity index (χ4v) is 2.51. The lowest BCUT2D eigenvalue weighted by Gasteiger charge is -2.30. The van der Waals surface area contributed by atoms with Crippen LogP contribution in [0.1, 0.15) is 36.8 Å². The molecule has 0 aromatic heterocycles. The molecule has 18 heavy (non-hydrogen) atoms. The van der Waals surface area contributed by atoms with E-state index in [1.807, 2.05) is 0 Å². The first-order valence-corrected chi connectivity index (χ1v) is 6.79. The Morgan fingerprint density at radius 2 is 2.28 bits per heavy atom. The van der Waals surface area contributed by atoms with Crippen LogP contribution in [0.5, 0.6) is 0 Å². The number of fused-ring (bicyclic) bond motifs is 1. The summed E-state index contributed by atoms with van der Waals surface area (Å²) in [6.45, 7) is 3.43. The Morgan fingerprint density at radius 3 is 2.94 bits per heavy atom. The van der Waals surface area contributed by atoms with Crippen LogP contribution in [-0.2, 0) is 11.2 Å². The van der Waals surface area contributed by atoms with Crippen molar-refractivity contribution in [3.63, 3.8) is 0 Å². The standard InChI is InChI=1S/C15H22N2O/c1-2-11(9-16)7-15(18)17-10-13-8-12-5-3-4-6-14(12)13/h3-6,11,13H,2,7-10,16H2,1H3,(H,17,18). The van der Waals surface area contributed by atoms with Gasteiger partial charge in [-0.25, -0.2) is 0 Å². The number of hydrogen-bond acceptors (Lipinski definition) is 2. The summed E-state index contributed by atoms with van der Waals surface area (Å²) in [5, 5.41) is 3.03. The Balaban J connectivity index is 1.75. The SMILES string of the molecule is CCC(CN)CC(=O)NCC1Cc2ccccc21. The van der Waals surface area contributed by atoms with Crippen molar-refractivity contribution in [3.8, 4) is 0 Å². The van der Waals surface area contributed by atoms with Crippen molar-refractivity contribution in [1.29, 1.82) is 0 Å². The third-order valence-corrected chi connectivity index (χ3v) is 3.89. The number of hydrogen-bond donors (Lipinski definition) is 2. The average molecular weight is 246 g/mol. The van der Waals surface area contributed by atoms with Gasteiger partial charge in [0.1, 0.15) is 0 Å². The van der Waals surface area contributed by atoms with Gasteiger partial charge in [0.15, 0.2) is 0 Å². The van der Waals surface area contributed by atoms with Gasteiger partial charge in [0.05, 0.1) is 0 Å². The number of rotatable bonds is 6. The van der Waals surface area contributed by atoms with Gasteiger partial charge in [-0.3, -0.25) is 4.79 Å². The summed E-state index contributed by atoms with van der Waals surface area (Å²) in [4.78, 5) is 11.8. The molecule has 2 atom stereocenters. The van der Waals surface area contributed by atoms with Crippen LogP contribution in [0.4, 0.5) is 0 Å². The minimum absolute atomic E-state index is 0.136. The maximum atomic E-state index is 11.8. The summed E-state index contributed by atoms with van der Waals surface area (Å²) < 4.78 is 0. The van der Waals surface area contributed by atoms with Gasteiger partial charge < -0.3 is 11.1 Å². The molecule has 0 spiro atoms. The minimum atomic E-state index is 0.136. The smallest absolute Gasteiger partial charge is 0.220 e. The Kier molecular flexibility index (Phi) is 4.37. The van der Waals surface area contributed by atoms with Crippen molar-refractivity contribution < 1.29 is 4.79 Å². The highest BCUT2D eigenvalue weighted by Crippen LogP contribution is 2.33. The second kappa shape index (κ2) is 6.01. The van der Waals surface area contributed by atoms with Crippen LogP contribution in [0.25, 0.3) is 0 Å². The maximum Gasteiger partial charge on any atom is 0.220 e. The number of carbonyl (C=O) groups excluding carboxylic acids is 1. The first kappa shape index (κ1) is 13.1. The topological polar surface area (TPSA) is 55.1 Å². The van der Waals surface area contributed by atoms with E-state index in [1.54, 1.807) is 0 Å². The quantitative estimate of drug-likeness (QED) is 0.804. The molecule has 0 fully saturated rings. The zero-order chi connectivity index (χ0) is 13.0. The second-order valence-corrected chi connectivity index (χ2v) is 5.12. The van der Waals surface area contributed by atoms with E-state index in [2.05, 4.69) is 36.5 Å². The fraction of sp³-hybridized carbons (Fsp3) is 0.533. The summed E-state index contributed by atoms with van der Waals surface area (Å²) in [5.74, 6) is 0.957. The average Bonchev–Trinajstić information content (AvgIpc) is 2.37. The molecule has 0 saturated heterocycles. The van der Waals surface area contributed by atoms with Gasteiger partial charge in [-0.1, -0.05) is 37.6 Å². The van der Waals surface area contributed by atoms with Crippen LogP contribution >= 0.6 is 0 Å². The van der Waals surface area contributed by atoms with Crippen molar-refractivity contribution in [2.75, 3.05) is 13.1 Å². The predicted molar refractivity (Wildman–Crippen MR) is 73.3 cm³/mol. The van der Waals surface area contributed by atoms with Gasteiger partial charge in [0.25, 0.3) is 0 Å². The van der Waals surface area contributed by atoms with Crippen LogP contribution in [0.15, 0.2) is 24.3 Å². The summed E-state index contributed by atoms with van der Waals surface area (Å²) in [7, 11) is 0. The zero-order valence-electron chi connectivity index (χ0n) is 11.0. The molecule has 3 nitrogen and oxygen atoms in total. The minimum Gasteiger partial charge on any atom is -0.355 e. The molecule has 2 rings (SSSR count). The molecule has 2 unspecified atom stereocenters. The van der Waals surface area contributed by atoms with Crippen molar-refractivity contribution in [3.05, 3.63) is 35.4 Å². The molecule has 0 heterocycles. The molecule has 0 saturated carbocycles. The molecule has 1 aliphatic rings. The molecule has 1 aromatic rings. The van der Waals surface area contributed by atoms with E-state index in [9.17, 15) is 4.79 Å². The molecule has 3 heteroatoms. The summed E-state index contributed by atoms with van der Waals surface area (Å²) >= 11 is 0. The van der Waals surface area contributed by atoms with Gasteiger partial charge in [0.2, 0.25) is 5.91 Å². The largest absolute Gasteiger partial charge is 0.355 e. The van der Waals surface area contributed by atoms with Crippen LogP contribution in [-0.4, -0.2) is 19.0 Å². The molecular weight excluding hydrogens is 224 g/mol. The first-order chi connectivity index (χ1) is 8.74. The van der Waals surface area contributed by atoms with Gasteiger partial charge in [-0.05, 0) is 30.0 Å². The van der Waals surface area contributed by atoms with Gasteiger partial charge >= 0.3 is 0 Å². The Morgan fingerprint density at radius 1 is 1.50 bits per heavy atom. The van der Waals surface area contributed by atoms with Gasteiger partial charge in [-0.15, -0.1) is 0 Å². The van der Waals surface area contributed by atoms with Crippen molar-refractivity contribution >= 4 is 5.91 Å². The molecule has 0 radical (unpaired) electrons. The third kappa shape index (κ3) is 2.91. The molecule has 0 bridgehead atoms. The molecule has 1 aromatic carbocycles. The van der Waals surface area contributed by atoms with Crippen molar-refractivity contribution in [1.82, 2.24) is 5.32 Å². The van der Waals surface area contributed by atoms with E-state index >= 15 is 0 Å². The molecule has 1 aliphatic carbocycles. The second-order valence-electron chi connectivity index (χ2n) is 5.12. The number of carbonyl (C=O) groups is 1. The predicted octanol–water partition coefficient (Wildman–Crippen LogP) is 1.82. The monoisotopic (exact) mass is 246 g/mol. The first-order valence-electron chi connectivity index (χ1n) is 6.79. The van der Waals surface area contributed by atoms with Crippen LogP contribution in [0.3, 0.4) is 0 Å². The van der Waals surface area contributed by atoms with Crippen LogP contribution < -0.4 is 11.1 Å². The molecule has 1 amide bonds. The number of amides is 1. The van der Waals surface area contributed by atoms with E-state index in [1.165, 1.54) is 11.1 Å². The van der Waals surface area contributed by atoms with E-state index in [4.69, 9.17) is 5.73 Å². The van der Waals surface area contributed by atoms with Gasteiger partial charge in [0, 0.05) is 18.9 Å². The number of nitrogens with two attached hydrogens (primary N) is 1. The van der Waals surface area contributed by atoms with E-state index < -0.39 is 0 Å². The number of benzene rings is 1. The normalized spacial score (nSPS) is 18.7. The summed E-state index contributed by atoms with van der Waals surface area (Å²) in [5.41, 5.74) is 8.42. The third-order valence-electron chi connectivity index (χ3n) is 3.89. The summed E-state index contributed by atoms with van der Waals surface area (Å²) in [6.07, 6.45) is 2.61. The lowest BCUT2D eigenvalue weighted by atomic mass is 9.77. The highest BCUT2D eigenvalue weighted by atomic mass is 16.1. The van der Waals surface area contributed by atoms with Gasteiger partial charge in [-0.2, -0.15) is 0 Å².